The van der Waals surface area contributed by atoms with E-state index in [1.807, 2.05) is 6.08 Å². The minimum Gasteiger partial charge on any atom is -0.457 e. The van der Waals surface area contributed by atoms with Gasteiger partial charge in [0.1, 0.15) is 6.10 Å². The first-order valence-corrected chi connectivity index (χ1v) is 18.5. The minimum atomic E-state index is -1.07. The molecular weight excluding hydrogens is 556 g/mol. The lowest BCUT2D eigenvalue weighted by Crippen LogP contribution is -2.31. The van der Waals surface area contributed by atoms with Crippen LogP contribution in [0.1, 0.15) is 162 Å². The van der Waals surface area contributed by atoms with Crippen molar-refractivity contribution >= 4 is 5.97 Å². The molecule has 0 saturated heterocycles. The quantitative estimate of drug-likeness (QED) is 0.0349. The third kappa shape index (κ3) is 34.5. The van der Waals surface area contributed by atoms with Gasteiger partial charge in [-0.3, -0.25) is 4.79 Å². The Morgan fingerprint density at radius 2 is 0.933 bits per heavy atom. The predicted octanol–water partition coefficient (Wildman–Crippen LogP) is 12.2. The Hall–Kier alpha value is -2.17. The van der Waals surface area contributed by atoms with Gasteiger partial charge in [0.2, 0.25) is 0 Å². The lowest BCUT2D eigenvalue weighted by molar-refractivity contribution is -0.186. The van der Waals surface area contributed by atoms with Gasteiger partial charge in [0, 0.05) is 13.0 Å². The fourth-order valence-corrected chi connectivity index (χ4v) is 4.80. The standard InChI is InChI=1S/C41H70O4/c1-4-6-8-10-12-14-16-18-20-21-22-23-24-25-27-29-31-33-35-37-40(42)45-39(3)41(43)44-38-36-34-32-30-28-26-19-17-15-13-11-9-7-5-2/h6,8,12,14,18,20,22-23,25,27,31,33,39,41,43H,4-5,7,9-11,13,15-17,19,21,24,26,28-30,32,34-38H2,1-3H3. The molecule has 0 spiro atoms. The van der Waals surface area contributed by atoms with Crippen molar-refractivity contribution in [1.29, 1.82) is 0 Å². The highest BCUT2D eigenvalue weighted by Gasteiger charge is 2.18. The molecule has 0 rings (SSSR count). The molecule has 1 N–H and O–H groups in total. The molecule has 2 unspecified atom stereocenters. The first kappa shape index (κ1) is 42.8. The van der Waals surface area contributed by atoms with E-state index in [0.29, 0.717) is 19.4 Å². The van der Waals surface area contributed by atoms with Crippen LogP contribution < -0.4 is 0 Å². The number of rotatable bonds is 32. The molecule has 0 aromatic carbocycles. The summed E-state index contributed by atoms with van der Waals surface area (Å²) < 4.78 is 10.8. The van der Waals surface area contributed by atoms with Gasteiger partial charge in [-0.2, -0.15) is 0 Å². The second kappa shape index (κ2) is 36.3. The smallest absolute Gasteiger partial charge is 0.306 e. The van der Waals surface area contributed by atoms with Gasteiger partial charge >= 0.3 is 5.97 Å². The molecule has 0 heterocycles. The number of carbonyl (C=O) groups excluding carboxylic acids is 1. The zero-order chi connectivity index (χ0) is 32.9. The number of aliphatic hydroxyl groups is 1. The van der Waals surface area contributed by atoms with Crippen LogP contribution in [0.2, 0.25) is 0 Å². The second-order valence-corrected chi connectivity index (χ2v) is 12.0. The van der Waals surface area contributed by atoms with E-state index < -0.39 is 12.4 Å². The van der Waals surface area contributed by atoms with Gasteiger partial charge in [0.15, 0.2) is 6.29 Å². The summed E-state index contributed by atoms with van der Waals surface area (Å²) in [6.07, 6.45) is 49.4. The molecular formula is C41H70O4. The molecule has 45 heavy (non-hydrogen) atoms. The zero-order valence-corrected chi connectivity index (χ0v) is 29.5. The number of hydrogen-bond acceptors (Lipinski definition) is 4. The monoisotopic (exact) mass is 627 g/mol. The number of aliphatic hydroxyl groups excluding tert-OH is 1. The molecule has 0 radical (unpaired) electrons. The van der Waals surface area contributed by atoms with Crippen molar-refractivity contribution in [3.63, 3.8) is 0 Å². The van der Waals surface area contributed by atoms with Crippen LogP contribution in [-0.2, 0) is 14.3 Å². The van der Waals surface area contributed by atoms with Crippen LogP contribution >= 0.6 is 0 Å². The fraction of sp³-hybridized carbons (Fsp3) is 0.683. The van der Waals surface area contributed by atoms with E-state index in [2.05, 4.69) is 80.7 Å². The van der Waals surface area contributed by atoms with Gasteiger partial charge in [-0.1, -0.05) is 170 Å². The topological polar surface area (TPSA) is 55.8 Å². The van der Waals surface area contributed by atoms with Crippen molar-refractivity contribution < 1.29 is 19.4 Å². The highest BCUT2D eigenvalue weighted by Crippen LogP contribution is 2.13. The number of carbonyl (C=O) groups is 1. The van der Waals surface area contributed by atoms with Crippen LogP contribution in [0, 0.1) is 0 Å². The first-order chi connectivity index (χ1) is 22.1. The maximum atomic E-state index is 12.1. The van der Waals surface area contributed by atoms with E-state index in [9.17, 15) is 9.90 Å². The van der Waals surface area contributed by atoms with Crippen molar-refractivity contribution in [3.05, 3.63) is 72.9 Å². The third-order valence-corrected chi connectivity index (χ3v) is 7.62. The van der Waals surface area contributed by atoms with Gasteiger partial charge in [0.25, 0.3) is 0 Å². The van der Waals surface area contributed by atoms with Crippen molar-refractivity contribution in [3.8, 4) is 0 Å². The van der Waals surface area contributed by atoms with Crippen LogP contribution in [0.5, 0.6) is 0 Å². The van der Waals surface area contributed by atoms with E-state index in [4.69, 9.17) is 9.47 Å². The Labute approximate surface area is 278 Å². The van der Waals surface area contributed by atoms with Crippen molar-refractivity contribution in [2.24, 2.45) is 0 Å². The SMILES string of the molecule is CCC=CCC=CCC=CCC=CCC=CCC=CCCC(=O)OC(C)C(O)OCCCCCCCCCCCCCCCC. The second-order valence-electron chi connectivity index (χ2n) is 12.0. The van der Waals surface area contributed by atoms with E-state index >= 15 is 0 Å². The molecule has 4 nitrogen and oxygen atoms in total. The Bertz CT molecular complexity index is 804. The van der Waals surface area contributed by atoms with Gasteiger partial charge < -0.3 is 14.6 Å². The van der Waals surface area contributed by atoms with E-state index in [-0.39, 0.29) is 5.97 Å². The maximum absolute atomic E-state index is 12.1. The molecule has 0 aliphatic rings. The summed E-state index contributed by atoms with van der Waals surface area (Å²) in [4.78, 5) is 12.1. The summed E-state index contributed by atoms with van der Waals surface area (Å²) >= 11 is 0. The minimum absolute atomic E-state index is 0.304. The maximum Gasteiger partial charge on any atom is 0.306 e. The van der Waals surface area contributed by atoms with Crippen LogP contribution in [0.4, 0.5) is 0 Å². The summed E-state index contributed by atoms with van der Waals surface area (Å²) in [7, 11) is 0. The largest absolute Gasteiger partial charge is 0.457 e. The molecule has 0 bridgehead atoms. The summed E-state index contributed by atoms with van der Waals surface area (Å²) in [6.45, 7) is 6.61. The van der Waals surface area contributed by atoms with Crippen molar-refractivity contribution in [2.75, 3.05) is 6.61 Å². The average Bonchev–Trinajstić information content (AvgIpc) is 3.03. The van der Waals surface area contributed by atoms with Crippen LogP contribution in [0.3, 0.4) is 0 Å². The normalized spacial score (nSPS) is 14.0. The van der Waals surface area contributed by atoms with E-state index in [0.717, 1.165) is 51.4 Å². The molecule has 0 aliphatic heterocycles. The first-order valence-electron chi connectivity index (χ1n) is 18.5. The molecule has 2 atom stereocenters. The summed E-state index contributed by atoms with van der Waals surface area (Å²) in [5, 5.41) is 10.2. The molecule has 0 saturated carbocycles. The summed E-state index contributed by atoms with van der Waals surface area (Å²) in [6, 6.07) is 0. The van der Waals surface area contributed by atoms with E-state index in [1.54, 1.807) is 6.92 Å². The zero-order valence-electron chi connectivity index (χ0n) is 29.5. The number of esters is 1. The third-order valence-electron chi connectivity index (χ3n) is 7.62. The van der Waals surface area contributed by atoms with Crippen molar-refractivity contribution in [2.45, 2.75) is 174 Å². The van der Waals surface area contributed by atoms with Gasteiger partial charge in [-0.25, -0.2) is 0 Å². The molecule has 258 valence electrons. The highest BCUT2D eigenvalue weighted by molar-refractivity contribution is 5.69. The lowest BCUT2D eigenvalue weighted by atomic mass is 10.0. The molecule has 0 amide bonds. The lowest BCUT2D eigenvalue weighted by Gasteiger charge is -2.19. The molecule has 0 aromatic heterocycles. The number of hydrogen-bond donors (Lipinski definition) is 1. The van der Waals surface area contributed by atoms with Gasteiger partial charge in [-0.15, -0.1) is 0 Å². The summed E-state index contributed by atoms with van der Waals surface area (Å²) in [5.74, 6) is -0.304. The number of allylic oxidation sites excluding steroid dienone is 12. The van der Waals surface area contributed by atoms with Gasteiger partial charge in [0.05, 0.1) is 0 Å². The molecule has 0 aromatic rings. The molecule has 0 fully saturated rings. The number of unbranched alkanes of at least 4 members (excludes halogenated alkanes) is 13. The highest BCUT2D eigenvalue weighted by atomic mass is 16.6. The summed E-state index contributed by atoms with van der Waals surface area (Å²) in [5.41, 5.74) is 0. The molecule has 0 aliphatic carbocycles. The Balaban J connectivity index is 3.63. The van der Waals surface area contributed by atoms with Crippen LogP contribution in [-0.4, -0.2) is 30.1 Å². The van der Waals surface area contributed by atoms with E-state index in [1.165, 1.54) is 77.0 Å². The molecule has 4 heteroatoms. The van der Waals surface area contributed by atoms with Gasteiger partial charge in [-0.05, 0) is 58.3 Å². The Morgan fingerprint density at radius 3 is 1.36 bits per heavy atom. The predicted molar refractivity (Wildman–Crippen MR) is 195 cm³/mol. The van der Waals surface area contributed by atoms with Crippen molar-refractivity contribution in [1.82, 2.24) is 0 Å². The average molecular weight is 627 g/mol. The van der Waals surface area contributed by atoms with Crippen LogP contribution in [0.25, 0.3) is 0 Å². The van der Waals surface area contributed by atoms with Crippen LogP contribution in [0.15, 0.2) is 72.9 Å². The number of ether oxygens (including phenoxy) is 2. The Kier molecular flexibility index (Phi) is 34.5. The fourth-order valence-electron chi connectivity index (χ4n) is 4.80. The Morgan fingerprint density at radius 1 is 0.556 bits per heavy atom.